The van der Waals surface area contributed by atoms with Crippen molar-refractivity contribution in [2.75, 3.05) is 31.9 Å². The monoisotopic (exact) mass is 265 g/mol. The van der Waals surface area contributed by atoms with Gasteiger partial charge in [-0.05, 0) is 19.1 Å². The van der Waals surface area contributed by atoms with E-state index in [1.165, 1.54) is 11.8 Å². The normalized spacial score (nSPS) is 17.5. The van der Waals surface area contributed by atoms with E-state index in [1.54, 1.807) is 0 Å². The van der Waals surface area contributed by atoms with Gasteiger partial charge >= 0.3 is 0 Å². The van der Waals surface area contributed by atoms with Crippen molar-refractivity contribution in [3.8, 4) is 0 Å². The molecule has 1 aliphatic heterocycles. The molecule has 5 heteroatoms. The van der Waals surface area contributed by atoms with Gasteiger partial charge in [0.25, 0.3) is 0 Å². The summed E-state index contributed by atoms with van der Waals surface area (Å²) in [5.74, 6) is 0.199. The number of nitrogens with zero attached hydrogens (tertiary/aromatic N) is 1. The van der Waals surface area contributed by atoms with Crippen LogP contribution in [0.5, 0.6) is 0 Å². The first-order chi connectivity index (χ1) is 8.68. The van der Waals surface area contributed by atoms with Crippen LogP contribution in [0.1, 0.15) is 6.92 Å². The molecule has 1 atom stereocenters. The van der Waals surface area contributed by atoms with E-state index >= 15 is 0 Å². The van der Waals surface area contributed by atoms with E-state index in [1.807, 2.05) is 36.1 Å². The Kier molecular flexibility index (Phi) is 4.49. The summed E-state index contributed by atoms with van der Waals surface area (Å²) >= 11 is 1.54. The van der Waals surface area contributed by atoms with Gasteiger partial charge in [-0.25, -0.2) is 0 Å². The molecule has 1 saturated heterocycles. The lowest BCUT2D eigenvalue weighted by molar-refractivity contribution is -0.130. The highest BCUT2D eigenvalue weighted by Crippen LogP contribution is 2.29. The second-order valence-electron chi connectivity index (χ2n) is 4.37. The third-order valence-electron chi connectivity index (χ3n) is 3.00. The van der Waals surface area contributed by atoms with Crippen molar-refractivity contribution in [3.05, 3.63) is 24.3 Å². The molecule has 4 nitrogen and oxygen atoms in total. The number of thioether (sulfide) groups is 1. The van der Waals surface area contributed by atoms with E-state index in [2.05, 4.69) is 5.32 Å². The summed E-state index contributed by atoms with van der Waals surface area (Å²) in [4.78, 5) is 15.2. The number of para-hydroxylation sites is 1. The molecule has 1 fully saturated rings. The van der Waals surface area contributed by atoms with Crippen molar-refractivity contribution in [2.24, 2.45) is 0 Å². The first kappa shape index (κ1) is 13.2. The van der Waals surface area contributed by atoms with E-state index in [0.717, 1.165) is 36.8 Å². The summed E-state index contributed by atoms with van der Waals surface area (Å²) in [6.07, 6.45) is 0. The minimum atomic E-state index is -0.0900. The van der Waals surface area contributed by atoms with Crippen molar-refractivity contribution in [1.82, 2.24) is 10.2 Å². The maximum atomic E-state index is 12.3. The number of carbonyl (C=O) groups is 1. The molecular formula is C13H19N3OS. The number of carbonyl (C=O) groups excluding carboxylic acids is 1. The largest absolute Gasteiger partial charge is 0.398 e. The quantitative estimate of drug-likeness (QED) is 0.636. The Balaban J connectivity index is 1.96. The number of nitrogens with one attached hydrogen (secondary N) is 1. The molecule has 0 aromatic heterocycles. The summed E-state index contributed by atoms with van der Waals surface area (Å²) in [6.45, 7) is 5.32. The fourth-order valence-electron chi connectivity index (χ4n) is 1.97. The zero-order valence-corrected chi connectivity index (χ0v) is 11.4. The molecule has 1 heterocycles. The SMILES string of the molecule is CC(Sc1ccccc1N)C(=O)N1CCNCC1. The Morgan fingerprint density at radius 3 is 2.72 bits per heavy atom. The van der Waals surface area contributed by atoms with Gasteiger partial charge in [0, 0.05) is 36.8 Å². The Hall–Kier alpha value is -1.20. The maximum Gasteiger partial charge on any atom is 0.235 e. The number of hydrogen-bond donors (Lipinski definition) is 2. The fourth-order valence-corrected chi connectivity index (χ4v) is 2.96. The summed E-state index contributed by atoms with van der Waals surface area (Å²) in [6, 6.07) is 7.68. The molecular weight excluding hydrogens is 246 g/mol. The predicted molar refractivity (Wildman–Crippen MR) is 75.6 cm³/mol. The molecule has 18 heavy (non-hydrogen) atoms. The molecule has 1 aromatic carbocycles. The molecule has 1 amide bonds. The third-order valence-corrected chi connectivity index (χ3v) is 4.18. The van der Waals surface area contributed by atoms with Crippen LogP contribution in [0.15, 0.2) is 29.2 Å². The number of benzene rings is 1. The van der Waals surface area contributed by atoms with Crippen LogP contribution in [0.2, 0.25) is 0 Å². The number of nitrogens with two attached hydrogens (primary N) is 1. The van der Waals surface area contributed by atoms with Crippen LogP contribution in [-0.4, -0.2) is 42.2 Å². The third kappa shape index (κ3) is 3.17. The minimum absolute atomic E-state index is 0.0900. The van der Waals surface area contributed by atoms with Gasteiger partial charge in [-0.3, -0.25) is 4.79 Å². The van der Waals surface area contributed by atoms with Gasteiger partial charge in [-0.15, -0.1) is 11.8 Å². The molecule has 0 aliphatic carbocycles. The number of piperazine rings is 1. The average molecular weight is 265 g/mol. The summed E-state index contributed by atoms with van der Waals surface area (Å²) in [5, 5.41) is 3.16. The molecule has 2 rings (SSSR count). The minimum Gasteiger partial charge on any atom is -0.398 e. The lowest BCUT2D eigenvalue weighted by Crippen LogP contribution is -2.48. The topological polar surface area (TPSA) is 58.4 Å². The van der Waals surface area contributed by atoms with Crippen molar-refractivity contribution in [2.45, 2.75) is 17.1 Å². The standard InChI is InChI=1S/C13H19N3OS/c1-10(13(17)16-8-6-15-7-9-16)18-12-5-3-2-4-11(12)14/h2-5,10,15H,6-9,14H2,1H3. The second kappa shape index (κ2) is 6.11. The van der Waals surface area contributed by atoms with Gasteiger partial charge in [-0.1, -0.05) is 12.1 Å². The smallest absolute Gasteiger partial charge is 0.235 e. The molecule has 1 aliphatic rings. The maximum absolute atomic E-state index is 12.3. The van der Waals surface area contributed by atoms with E-state index in [9.17, 15) is 4.79 Å². The Morgan fingerprint density at radius 1 is 1.39 bits per heavy atom. The molecule has 0 spiro atoms. The molecule has 1 unspecified atom stereocenters. The number of nitrogen functional groups attached to an aromatic ring is 1. The molecule has 3 N–H and O–H groups in total. The number of anilines is 1. The number of amides is 1. The van der Waals surface area contributed by atoms with Crippen molar-refractivity contribution < 1.29 is 4.79 Å². The highest BCUT2D eigenvalue weighted by molar-refractivity contribution is 8.00. The molecule has 1 aromatic rings. The van der Waals surface area contributed by atoms with Gasteiger partial charge < -0.3 is 16.0 Å². The van der Waals surface area contributed by atoms with E-state index in [0.29, 0.717) is 0 Å². The van der Waals surface area contributed by atoms with Gasteiger partial charge in [0.2, 0.25) is 5.91 Å². The second-order valence-corrected chi connectivity index (χ2v) is 5.76. The molecule has 0 bridgehead atoms. The summed E-state index contributed by atoms with van der Waals surface area (Å²) < 4.78 is 0. The van der Waals surface area contributed by atoms with Crippen LogP contribution in [0.4, 0.5) is 5.69 Å². The highest BCUT2D eigenvalue weighted by atomic mass is 32.2. The lowest BCUT2D eigenvalue weighted by Gasteiger charge is -2.29. The molecule has 0 saturated carbocycles. The zero-order valence-electron chi connectivity index (χ0n) is 10.6. The van der Waals surface area contributed by atoms with E-state index in [4.69, 9.17) is 5.73 Å². The number of hydrogen-bond acceptors (Lipinski definition) is 4. The Labute approximate surface area is 112 Å². The van der Waals surface area contributed by atoms with E-state index in [-0.39, 0.29) is 11.2 Å². The van der Waals surface area contributed by atoms with E-state index < -0.39 is 0 Å². The summed E-state index contributed by atoms with van der Waals surface area (Å²) in [7, 11) is 0. The van der Waals surface area contributed by atoms with Crippen molar-refractivity contribution in [1.29, 1.82) is 0 Å². The first-order valence-corrected chi connectivity index (χ1v) is 7.07. The van der Waals surface area contributed by atoms with Crippen LogP contribution in [-0.2, 0) is 4.79 Å². The van der Waals surface area contributed by atoms with Crippen LogP contribution < -0.4 is 11.1 Å². The van der Waals surface area contributed by atoms with Crippen molar-refractivity contribution in [3.63, 3.8) is 0 Å². The van der Waals surface area contributed by atoms with Gasteiger partial charge in [0.1, 0.15) is 0 Å². The van der Waals surface area contributed by atoms with Crippen LogP contribution in [0.25, 0.3) is 0 Å². The first-order valence-electron chi connectivity index (χ1n) is 6.19. The van der Waals surface area contributed by atoms with Gasteiger partial charge in [-0.2, -0.15) is 0 Å². The van der Waals surface area contributed by atoms with Gasteiger partial charge in [0.05, 0.1) is 5.25 Å². The number of rotatable bonds is 3. The Bertz CT molecular complexity index is 418. The zero-order chi connectivity index (χ0) is 13.0. The fraction of sp³-hybridized carbons (Fsp3) is 0.462. The lowest BCUT2D eigenvalue weighted by atomic mass is 10.3. The Morgan fingerprint density at radius 2 is 2.06 bits per heavy atom. The van der Waals surface area contributed by atoms with Crippen LogP contribution >= 0.6 is 11.8 Å². The average Bonchev–Trinajstić information content (AvgIpc) is 2.41. The predicted octanol–water partition coefficient (Wildman–Crippen LogP) is 1.18. The van der Waals surface area contributed by atoms with Crippen molar-refractivity contribution >= 4 is 23.4 Å². The summed E-state index contributed by atoms with van der Waals surface area (Å²) in [5.41, 5.74) is 6.63. The van der Waals surface area contributed by atoms with Crippen LogP contribution in [0.3, 0.4) is 0 Å². The van der Waals surface area contributed by atoms with Crippen LogP contribution in [0, 0.1) is 0 Å². The highest BCUT2D eigenvalue weighted by Gasteiger charge is 2.23. The van der Waals surface area contributed by atoms with Gasteiger partial charge in [0.15, 0.2) is 0 Å². The molecule has 98 valence electrons. The molecule has 0 radical (unpaired) electrons.